The van der Waals surface area contributed by atoms with Gasteiger partial charge in [0, 0.05) is 6.42 Å². The maximum absolute atomic E-state index is 12.6. The molecule has 3 N–H and O–H groups in total. The summed E-state index contributed by atoms with van der Waals surface area (Å²) in [5.41, 5.74) is 6.37. The Labute approximate surface area is 140 Å². The predicted molar refractivity (Wildman–Crippen MR) is 91.1 cm³/mol. The van der Waals surface area contributed by atoms with E-state index in [-0.39, 0.29) is 11.9 Å². The van der Waals surface area contributed by atoms with Crippen LogP contribution in [0.15, 0.2) is 53.5 Å². The zero-order chi connectivity index (χ0) is 17.2. The van der Waals surface area contributed by atoms with Crippen molar-refractivity contribution in [3.8, 4) is 11.5 Å². The van der Waals surface area contributed by atoms with E-state index >= 15 is 0 Å². The van der Waals surface area contributed by atoms with Gasteiger partial charge in [-0.3, -0.25) is 10.1 Å². The van der Waals surface area contributed by atoms with Gasteiger partial charge in [-0.25, -0.2) is 4.99 Å². The van der Waals surface area contributed by atoms with Crippen molar-refractivity contribution >= 4 is 11.9 Å². The summed E-state index contributed by atoms with van der Waals surface area (Å²) in [6.45, 7) is 0. The molecule has 0 spiro atoms. The van der Waals surface area contributed by atoms with E-state index in [0.717, 1.165) is 11.1 Å². The van der Waals surface area contributed by atoms with Gasteiger partial charge in [-0.15, -0.1) is 0 Å². The molecular weight excluding hydrogens is 306 g/mol. The van der Waals surface area contributed by atoms with E-state index in [1.807, 2.05) is 48.5 Å². The molecule has 0 unspecified atom stereocenters. The van der Waals surface area contributed by atoms with Crippen LogP contribution in [0.5, 0.6) is 11.5 Å². The SMILES string of the molecule is COc1ccc(C[C@]2(c3ccccc3)N=C(N)NC2=O)cc1OC. The van der Waals surface area contributed by atoms with E-state index in [9.17, 15) is 4.79 Å². The quantitative estimate of drug-likeness (QED) is 0.874. The van der Waals surface area contributed by atoms with Crippen molar-refractivity contribution in [3.63, 3.8) is 0 Å². The third-order valence-electron chi connectivity index (χ3n) is 4.09. The van der Waals surface area contributed by atoms with Crippen LogP contribution in [0.2, 0.25) is 0 Å². The highest BCUT2D eigenvalue weighted by atomic mass is 16.5. The molecule has 1 heterocycles. The molecule has 6 nitrogen and oxygen atoms in total. The molecule has 0 aliphatic carbocycles. The van der Waals surface area contributed by atoms with Crippen molar-refractivity contribution in [2.45, 2.75) is 12.0 Å². The monoisotopic (exact) mass is 325 g/mol. The molecule has 2 aromatic carbocycles. The minimum absolute atomic E-state index is 0.129. The van der Waals surface area contributed by atoms with Crippen molar-refractivity contribution in [1.82, 2.24) is 5.32 Å². The van der Waals surface area contributed by atoms with Crippen molar-refractivity contribution in [1.29, 1.82) is 0 Å². The molecule has 1 atom stereocenters. The normalized spacial score (nSPS) is 19.6. The fourth-order valence-electron chi connectivity index (χ4n) is 2.92. The van der Waals surface area contributed by atoms with Gasteiger partial charge < -0.3 is 15.2 Å². The van der Waals surface area contributed by atoms with Crippen LogP contribution in [-0.2, 0) is 16.8 Å². The molecule has 3 rings (SSSR count). The number of carbonyl (C=O) groups excluding carboxylic acids is 1. The number of aliphatic imine (C=N–C) groups is 1. The minimum Gasteiger partial charge on any atom is -0.493 e. The number of rotatable bonds is 5. The van der Waals surface area contributed by atoms with Crippen LogP contribution in [0.1, 0.15) is 11.1 Å². The van der Waals surface area contributed by atoms with E-state index in [1.54, 1.807) is 14.2 Å². The first-order valence-corrected chi connectivity index (χ1v) is 7.52. The Bertz CT molecular complexity index is 789. The number of methoxy groups -OCH3 is 2. The Balaban J connectivity index is 2.05. The summed E-state index contributed by atoms with van der Waals surface area (Å²) in [5.74, 6) is 1.13. The number of nitrogens with one attached hydrogen (secondary N) is 1. The average molecular weight is 325 g/mol. The van der Waals surface area contributed by atoms with Gasteiger partial charge in [-0.1, -0.05) is 36.4 Å². The molecule has 0 bridgehead atoms. The van der Waals surface area contributed by atoms with Crippen LogP contribution in [-0.4, -0.2) is 26.1 Å². The van der Waals surface area contributed by atoms with Gasteiger partial charge in [0.25, 0.3) is 5.91 Å². The molecule has 1 aliphatic heterocycles. The van der Waals surface area contributed by atoms with Crippen LogP contribution in [0.3, 0.4) is 0 Å². The van der Waals surface area contributed by atoms with Crippen LogP contribution in [0.25, 0.3) is 0 Å². The molecular formula is C18H19N3O3. The Morgan fingerprint density at radius 2 is 1.79 bits per heavy atom. The summed E-state index contributed by atoms with van der Waals surface area (Å²) in [4.78, 5) is 17.1. The Morgan fingerprint density at radius 1 is 1.08 bits per heavy atom. The summed E-state index contributed by atoms with van der Waals surface area (Å²) in [7, 11) is 3.16. The van der Waals surface area contributed by atoms with Crippen molar-refractivity contribution < 1.29 is 14.3 Å². The van der Waals surface area contributed by atoms with E-state index in [4.69, 9.17) is 15.2 Å². The average Bonchev–Trinajstić information content (AvgIpc) is 2.90. The van der Waals surface area contributed by atoms with Gasteiger partial charge in [0.15, 0.2) is 23.0 Å². The summed E-state index contributed by atoms with van der Waals surface area (Å²) in [6.07, 6.45) is 0.365. The van der Waals surface area contributed by atoms with Crippen LogP contribution >= 0.6 is 0 Å². The molecule has 6 heteroatoms. The lowest BCUT2D eigenvalue weighted by molar-refractivity contribution is -0.124. The summed E-state index contributed by atoms with van der Waals surface area (Å²) < 4.78 is 10.6. The highest BCUT2D eigenvalue weighted by Gasteiger charge is 2.44. The second kappa shape index (κ2) is 6.23. The van der Waals surface area contributed by atoms with E-state index in [1.165, 1.54) is 0 Å². The van der Waals surface area contributed by atoms with Gasteiger partial charge in [0.1, 0.15) is 0 Å². The fraction of sp³-hybridized carbons (Fsp3) is 0.222. The van der Waals surface area contributed by atoms with Crippen molar-refractivity contribution in [3.05, 3.63) is 59.7 Å². The first kappa shape index (κ1) is 15.9. The largest absolute Gasteiger partial charge is 0.493 e. The first-order chi connectivity index (χ1) is 11.6. The third kappa shape index (κ3) is 2.67. The maximum Gasteiger partial charge on any atom is 0.259 e. The van der Waals surface area contributed by atoms with Gasteiger partial charge >= 0.3 is 0 Å². The Kier molecular flexibility index (Phi) is 4.12. The predicted octanol–water partition coefficient (Wildman–Crippen LogP) is 1.59. The summed E-state index contributed by atoms with van der Waals surface area (Å²) in [6, 6.07) is 15.0. The zero-order valence-corrected chi connectivity index (χ0v) is 13.6. The third-order valence-corrected chi connectivity index (χ3v) is 4.09. The lowest BCUT2D eigenvalue weighted by atomic mass is 9.84. The van der Waals surface area contributed by atoms with Gasteiger partial charge in [0.2, 0.25) is 0 Å². The number of ether oxygens (including phenoxy) is 2. The standard InChI is InChI=1S/C18H19N3O3/c1-23-14-9-8-12(10-15(14)24-2)11-18(13-6-4-3-5-7-13)16(22)20-17(19)21-18/h3-10H,11H2,1-2H3,(H3,19,20,21,22)/t18-/m1/s1. The minimum atomic E-state index is -1.08. The molecule has 1 aliphatic rings. The number of benzene rings is 2. The maximum atomic E-state index is 12.6. The molecule has 0 fully saturated rings. The van der Waals surface area contributed by atoms with E-state index in [2.05, 4.69) is 10.3 Å². The van der Waals surface area contributed by atoms with Crippen LogP contribution < -0.4 is 20.5 Å². The topological polar surface area (TPSA) is 85.9 Å². The Hall–Kier alpha value is -3.02. The summed E-state index contributed by atoms with van der Waals surface area (Å²) >= 11 is 0. The molecule has 124 valence electrons. The van der Waals surface area contributed by atoms with E-state index < -0.39 is 5.54 Å². The molecule has 0 aromatic heterocycles. The Morgan fingerprint density at radius 3 is 2.38 bits per heavy atom. The second-order valence-corrected chi connectivity index (χ2v) is 5.54. The van der Waals surface area contributed by atoms with Gasteiger partial charge in [0.05, 0.1) is 14.2 Å². The lowest BCUT2D eigenvalue weighted by Crippen LogP contribution is -2.40. The molecule has 2 aromatic rings. The number of carbonyl (C=O) groups is 1. The first-order valence-electron chi connectivity index (χ1n) is 7.52. The number of amides is 1. The number of hydrogen-bond donors (Lipinski definition) is 2. The lowest BCUT2D eigenvalue weighted by Gasteiger charge is -2.24. The van der Waals surface area contributed by atoms with E-state index in [0.29, 0.717) is 17.9 Å². The number of hydrogen-bond acceptors (Lipinski definition) is 5. The highest BCUT2D eigenvalue weighted by molar-refractivity contribution is 6.07. The summed E-state index contributed by atoms with van der Waals surface area (Å²) in [5, 5.41) is 2.61. The number of guanidine groups is 1. The van der Waals surface area contributed by atoms with Gasteiger partial charge in [-0.05, 0) is 23.3 Å². The van der Waals surface area contributed by atoms with Crippen molar-refractivity contribution in [2.75, 3.05) is 14.2 Å². The van der Waals surface area contributed by atoms with Crippen LogP contribution in [0, 0.1) is 0 Å². The van der Waals surface area contributed by atoms with Gasteiger partial charge in [-0.2, -0.15) is 0 Å². The zero-order valence-electron chi connectivity index (χ0n) is 13.6. The van der Waals surface area contributed by atoms with Crippen LogP contribution in [0.4, 0.5) is 0 Å². The highest BCUT2D eigenvalue weighted by Crippen LogP contribution is 2.35. The molecule has 0 radical (unpaired) electrons. The molecule has 0 saturated carbocycles. The molecule has 0 saturated heterocycles. The second-order valence-electron chi connectivity index (χ2n) is 5.54. The molecule has 24 heavy (non-hydrogen) atoms. The number of nitrogens with two attached hydrogens (primary N) is 1. The smallest absolute Gasteiger partial charge is 0.259 e. The fourth-order valence-corrected chi connectivity index (χ4v) is 2.92. The van der Waals surface area contributed by atoms with Crippen molar-refractivity contribution in [2.24, 2.45) is 10.7 Å². The molecule has 1 amide bonds. The number of nitrogens with zero attached hydrogens (tertiary/aromatic N) is 1.